The van der Waals surface area contributed by atoms with Crippen LogP contribution < -0.4 is 10.6 Å². The molecule has 0 spiro atoms. The third-order valence-corrected chi connectivity index (χ3v) is 2.99. The molecular weight excluding hydrogens is 285 g/mol. The molecule has 0 saturated heterocycles. The van der Waals surface area contributed by atoms with Crippen LogP contribution >= 0.6 is 0 Å². The number of halogens is 1. The molecule has 0 atom stereocenters. The van der Waals surface area contributed by atoms with Gasteiger partial charge in [0.15, 0.2) is 0 Å². The van der Waals surface area contributed by atoms with Crippen LogP contribution in [-0.4, -0.2) is 31.2 Å². The van der Waals surface area contributed by atoms with Crippen LogP contribution in [0.4, 0.5) is 10.1 Å². The zero-order chi connectivity index (χ0) is 15.8. The Morgan fingerprint density at radius 3 is 2.77 bits per heavy atom. The number of anilines is 1. The number of benzene rings is 1. The number of hydrogen-bond acceptors (Lipinski definition) is 4. The Bertz CT molecular complexity index is 617. The zero-order valence-corrected chi connectivity index (χ0v) is 12.3. The Hall–Kier alpha value is -2.47. The van der Waals surface area contributed by atoms with Gasteiger partial charge in [-0.2, -0.15) is 0 Å². The van der Waals surface area contributed by atoms with Gasteiger partial charge < -0.3 is 15.4 Å². The van der Waals surface area contributed by atoms with E-state index >= 15 is 0 Å². The molecule has 2 rings (SSSR count). The van der Waals surface area contributed by atoms with E-state index in [1.807, 2.05) is 0 Å². The molecule has 0 saturated carbocycles. The highest BCUT2D eigenvalue weighted by atomic mass is 19.1. The average molecular weight is 303 g/mol. The maximum absolute atomic E-state index is 12.8. The van der Waals surface area contributed by atoms with Gasteiger partial charge in [0.05, 0.1) is 6.61 Å². The highest BCUT2D eigenvalue weighted by Crippen LogP contribution is 2.08. The maximum atomic E-state index is 12.8. The number of nitrogens with zero attached hydrogens (tertiary/aromatic N) is 1. The fourth-order valence-corrected chi connectivity index (χ4v) is 1.84. The van der Waals surface area contributed by atoms with Gasteiger partial charge in [-0.15, -0.1) is 0 Å². The molecule has 1 heterocycles. The molecule has 2 aromatic rings. The van der Waals surface area contributed by atoms with Crippen molar-refractivity contribution < 1.29 is 13.9 Å². The molecule has 1 amide bonds. The third-order valence-electron chi connectivity index (χ3n) is 2.99. The van der Waals surface area contributed by atoms with E-state index in [1.54, 1.807) is 37.6 Å². The number of carbonyl (C=O) groups excluding carboxylic acids is 1. The Kier molecular flexibility index (Phi) is 5.85. The quantitative estimate of drug-likeness (QED) is 0.770. The van der Waals surface area contributed by atoms with Gasteiger partial charge in [0.1, 0.15) is 11.5 Å². The van der Waals surface area contributed by atoms with Gasteiger partial charge in [-0.1, -0.05) is 12.1 Å². The smallest absolute Gasteiger partial charge is 0.270 e. The molecule has 1 aromatic carbocycles. The number of amides is 1. The molecule has 0 bridgehead atoms. The first kappa shape index (κ1) is 15.9. The van der Waals surface area contributed by atoms with Crippen LogP contribution in [0, 0.1) is 5.82 Å². The van der Waals surface area contributed by atoms with E-state index in [1.165, 1.54) is 12.1 Å². The number of methoxy groups -OCH3 is 1. The van der Waals surface area contributed by atoms with E-state index in [4.69, 9.17) is 4.74 Å². The predicted molar refractivity (Wildman–Crippen MR) is 82.2 cm³/mol. The van der Waals surface area contributed by atoms with Crippen molar-refractivity contribution in [2.45, 2.75) is 6.54 Å². The minimum atomic E-state index is -0.299. The number of pyridine rings is 1. The molecule has 116 valence electrons. The number of ether oxygens (including phenoxy) is 1. The molecule has 0 radical (unpaired) electrons. The third kappa shape index (κ3) is 4.82. The van der Waals surface area contributed by atoms with Crippen LogP contribution in [0.2, 0.25) is 0 Å². The lowest BCUT2D eigenvalue weighted by atomic mass is 10.2. The van der Waals surface area contributed by atoms with E-state index < -0.39 is 0 Å². The zero-order valence-electron chi connectivity index (χ0n) is 12.3. The lowest BCUT2D eigenvalue weighted by molar-refractivity contribution is 0.0946. The molecule has 0 aliphatic heterocycles. The van der Waals surface area contributed by atoms with Crippen LogP contribution in [-0.2, 0) is 11.3 Å². The van der Waals surface area contributed by atoms with Crippen molar-refractivity contribution in [2.75, 3.05) is 25.6 Å². The van der Waals surface area contributed by atoms with Crippen LogP contribution in [0.3, 0.4) is 0 Å². The number of aromatic nitrogens is 1. The molecule has 22 heavy (non-hydrogen) atoms. The molecule has 1 aromatic heterocycles. The molecular formula is C16H18FN3O2. The van der Waals surface area contributed by atoms with Crippen molar-refractivity contribution in [1.82, 2.24) is 10.3 Å². The van der Waals surface area contributed by atoms with Crippen molar-refractivity contribution >= 4 is 11.6 Å². The van der Waals surface area contributed by atoms with Crippen molar-refractivity contribution in [1.29, 1.82) is 0 Å². The number of nitrogens with one attached hydrogen (secondary N) is 2. The first-order valence-corrected chi connectivity index (χ1v) is 6.90. The molecule has 0 aliphatic carbocycles. The summed E-state index contributed by atoms with van der Waals surface area (Å²) in [4.78, 5) is 16.1. The Labute approximate surface area is 128 Å². The highest BCUT2D eigenvalue weighted by Gasteiger charge is 2.07. The Balaban J connectivity index is 1.91. The van der Waals surface area contributed by atoms with Crippen LogP contribution in [0.15, 0.2) is 42.6 Å². The van der Waals surface area contributed by atoms with Gasteiger partial charge in [-0.25, -0.2) is 4.39 Å². The first-order valence-electron chi connectivity index (χ1n) is 6.90. The van der Waals surface area contributed by atoms with Crippen molar-refractivity contribution in [2.24, 2.45) is 0 Å². The first-order chi connectivity index (χ1) is 10.7. The molecule has 6 heteroatoms. The summed E-state index contributed by atoms with van der Waals surface area (Å²) in [7, 11) is 1.63. The Morgan fingerprint density at radius 2 is 2.05 bits per heavy atom. The van der Waals surface area contributed by atoms with E-state index in [-0.39, 0.29) is 11.7 Å². The Morgan fingerprint density at radius 1 is 1.27 bits per heavy atom. The van der Waals surface area contributed by atoms with E-state index in [0.717, 1.165) is 11.3 Å². The topological polar surface area (TPSA) is 63.2 Å². The summed E-state index contributed by atoms with van der Waals surface area (Å²) in [6.07, 6.45) is 1.57. The second kappa shape index (κ2) is 8.09. The van der Waals surface area contributed by atoms with Gasteiger partial charge in [0.25, 0.3) is 5.91 Å². The lowest BCUT2D eigenvalue weighted by Crippen LogP contribution is -2.24. The number of rotatable bonds is 7. The summed E-state index contributed by atoms with van der Waals surface area (Å²) in [6, 6.07) is 9.44. The molecule has 0 fully saturated rings. The summed E-state index contributed by atoms with van der Waals surface area (Å²) in [5.41, 5.74) is 1.95. The van der Waals surface area contributed by atoms with Gasteiger partial charge in [0.2, 0.25) is 0 Å². The number of hydrogen-bond donors (Lipinski definition) is 2. The average Bonchev–Trinajstić information content (AvgIpc) is 2.54. The van der Waals surface area contributed by atoms with E-state index in [0.29, 0.717) is 25.4 Å². The normalized spacial score (nSPS) is 10.3. The van der Waals surface area contributed by atoms with E-state index in [9.17, 15) is 9.18 Å². The lowest BCUT2D eigenvalue weighted by Gasteiger charge is -2.08. The predicted octanol–water partition coefficient (Wildman–Crippen LogP) is 2.21. The fourth-order valence-electron chi connectivity index (χ4n) is 1.84. The molecule has 0 unspecified atom stereocenters. The SMILES string of the molecule is COCCNc1ccnc(C(=O)NCc2ccc(F)cc2)c1. The summed E-state index contributed by atoms with van der Waals surface area (Å²) < 4.78 is 17.8. The minimum Gasteiger partial charge on any atom is -0.383 e. The van der Waals surface area contributed by atoms with Gasteiger partial charge in [-0.3, -0.25) is 9.78 Å². The largest absolute Gasteiger partial charge is 0.383 e. The monoisotopic (exact) mass is 303 g/mol. The van der Waals surface area contributed by atoms with Crippen molar-refractivity contribution in [3.8, 4) is 0 Å². The molecule has 0 aliphatic rings. The standard InChI is InChI=1S/C16H18FN3O2/c1-22-9-8-18-14-6-7-19-15(10-14)16(21)20-11-12-2-4-13(17)5-3-12/h2-7,10H,8-9,11H2,1H3,(H,18,19)(H,20,21). The second-order valence-corrected chi connectivity index (χ2v) is 4.66. The highest BCUT2D eigenvalue weighted by molar-refractivity contribution is 5.93. The maximum Gasteiger partial charge on any atom is 0.270 e. The van der Waals surface area contributed by atoms with Crippen LogP contribution in [0.5, 0.6) is 0 Å². The number of carbonyl (C=O) groups is 1. The molecule has 5 nitrogen and oxygen atoms in total. The summed E-state index contributed by atoms with van der Waals surface area (Å²) in [5, 5.41) is 5.89. The van der Waals surface area contributed by atoms with Crippen molar-refractivity contribution in [3.05, 3.63) is 59.7 Å². The summed E-state index contributed by atoms with van der Waals surface area (Å²) in [6.45, 7) is 1.55. The van der Waals surface area contributed by atoms with Crippen LogP contribution in [0.1, 0.15) is 16.1 Å². The molecule has 2 N–H and O–H groups in total. The fraction of sp³-hybridized carbons (Fsp3) is 0.250. The van der Waals surface area contributed by atoms with Crippen molar-refractivity contribution in [3.63, 3.8) is 0 Å². The summed E-state index contributed by atoms with van der Waals surface area (Å²) in [5.74, 6) is -0.578. The minimum absolute atomic E-state index is 0.278. The van der Waals surface area contributed by atoms with Gasteiger partial charge in [0, 0.05) is 32.1 Å². The second-order valence-electron chi connectivity index (χ2n) is 4.66. The summed E-state index contributed by atoms with van der Waals surface area (Å²) >= 11 is 0. The van der Waals surface area contributed by atoms with Gasteiger partial charge in [-0.05, 0) is 29.8 Å². The van der Waals surface area contributed by atoms with Crippen LogP contribution in [0.25, 0.3) is 0 Å². The van der Waals surface area contributed by atoms with E-state index in [2.05, 4.69) is 15.6 Å². The van der Waals surface area contributed by atoms with Gasteiger partial charge >= 0.3 is 0 Å².